The SMILES string of the molecule is CCCCCCCCN(NC(=O)OC(C)(C)C)C1CCC(C(=O)OCC)CC1. The van der Waals surface area contributed by atoms with E-state index in [1.807, 2.05) is 27.7 Å². The molecule has 1 rings (SSSR count). The zero-order valence-corrected chi connectivity index (χ0v) is 18.7. The number of carbonyl (C=O) groups excluding carboxylic acids is 2. The van der Waals surface area contributed by atoms with Crippen molar-refractivity contribution in [1.82, 2.24) is 10.4 Å². The zero-order valence-electron chi connectivity index (χ0n) is 18.7. The molecular formula is C22H42N2O4. The molecule has 1 aliphatic rings. The van der Waals surface area contributed by atoms with Crippen LogP contribution >= 0.6 is 0 Å². The van der Waals surface area contributed by atoms with Crippen LogP contribution in [0, 0.1) is 5.92 Å². The van der Waals surface area contributed by atoms with Crippen LogP contribution in [-0.4, -0.2) is 41.9 Å². The lowest BCUT2D eigenvalue weighted by Gasteiger charge is -2.36. The predicted octanol–water partition coefficient (Wildman–Crippen LogP) is 5.21. The van der Waals surface area contributed by atoms with Gasteiger partial charge in [0.05, 0.1) is 12.5 Å². The molecule has 1 N–H and O–H groups in total. The number of ether oxygens (including phenoxy) is 2. The molecule has 0 aliphatic heterocycles. The molecule has 0 aromatic carbocycles. The predicted molar refractivity (Wildman–Crippen MR) is 112 cm³/mol. The molecule has 0 heterocycles. The molecule has 0 bridgehead atoms. The van der Waals surface area contributed by atoms with Crippen LogP contribution in [-0.2, 0) is 14.3 Å². The largest absolute Gasteiger partial charge is 0.466 e. The number of carbonyl (C=O) groups is 2. The van der Waals surface area contributed by atoms with Crippen molar-refractivity contribution in [1.29, 1.82) is 0 Å². The second-order valence-electron chi connectivity index (χ2n) is 8.83. The lowest BCUT2D eigenvalue weighted by Crippen LogP contribution is -2.51. The highest BCUT2D eigenvalue weighted by molar-refractivity contribution is 5.72. The third-order valence-corrected chi connectivity index (χ3v) is 5.14. The number of hydrogen-bond donors (Lipinski definition) is 1. The number of rotatable bonds is 11. The maximum absolute atomic E-state index is 12.3. The standard InChI is InChI=1S/C22H42N2O4/c1-6-8-9-10-11-12-17-24(23-21(26)28-22(3,4)5)19-15-13-18(14-16-19)20(25)27-7-2/h18-19H,6-17H2,1-5H3,(H,23,26). The highest BCUT2D eigenvalue weighted by Gasteiger charge is 2.31. The van der Waals surface area contributed by atoms with Gasteiger partial charge >= 0.3 is 12.1 Å². The maximum atomic E-state index is 12.3. The Morgan fingerprint density at radius 1 is 0.964 bits per heavy atom. The van der Waals surface area contributed by atoms with E-state index in [9.17, 15) is 9.59 Å². The maximum Gasteiger partial charge on any atom is 0.422 e. The third-order valence-electron chi connectivity index (χ3n) is 5.14. The zero-order chi connectivity index (χ0) is 21.0. The van der Waals surface area contributed by atoms with Crippen LogP contribution < -0.4 is 5.43 Å². The van der Waals surface area contributed by atoms with Gasteiger partial charge in [0.2, 0.25) is 0 Å². The minimum absolute atomic E-state index is 0.00591. The Bertz CT molecular complexity index is 454. The van der Waals surface area contributed by atoms with Gasteiger partial charge in [0.25, 0.3) is 0 Å². The second-order valence-corrected chi connectivity index (χ2v) is 8.83. The molecule has 1 fully saturated rings. The van der Waals surface area contributed by atoms with Gasteiger partial charge in [0, 0.05) is 12.6 Å². The van der Waals surface area contributed by atoms with Gasteiger partial charge < -0.3 is 9.47 Å². The summed E-state index contributed by atoms with van der Waals surface area (Å²) in [4.78, 5) is 24.3. The number of unbranched alkanes of at least 4 members (excludes halogenated alkanes) is 5. The highest BCUT2D eigenvalue weighted by Crippen LogP contribution is 2.28. The van der Waals surface area contributed by atoms with Gasteiger partial charge in [0.15, 0.2) is 0 Å². The average molecular weight is 399 g/mol. The molecule has 0 aromatic rings. The summed E-state index contributed by atoms with van der Waals surface area (Å²) in [6.45, 7) is 10.9. The van der Waals surface area contributed by atoms with Crippen molar-refractivity contribution in [2.45, 2.75) is 110 Å². The van der Waals surface area contributed by atoms with Crippen molar-refractivity contribution in [3.05, 3.63) is 0 Å². The highest BCUT2D eigenvalue weighted by atomic mass is 16.6. The van der Waals surface area contributed by atoms with Gasteiger partial charge in [-0.2, -0.15) is 0 Å². The van der Waals surface area contributed by atoms with Crippen molar-refractivity contribution >= 4 is 12.1 Å². The molecule has 164 valence electrons. The Balaban J connectivity index is 2.54. The van der Waals surface area contributed by atoms with Crippen molar-refractivity contribution in [2.24, 2.45) is 5.92 Å². The lowest BCUT2D eigenvalue weighted by atomic mass is 9.85. The summed E-state index contributed by atoms with van der Waals surface area (Å²) >= 11 is 0. The molecule has 6 nitrogen and oxygen atoms in total. The first-order valence-electron chi connectivity index (χ1n) is 11.2. The summed E-state index contributed by atoms with van der Waals surface area (Å²) in [6, 6.07) is 0.244. The van der Waals surface area contributed by atoms with Crippen molar-refractivity contribution in [2.75, 3.05) is 13.2 Å². The van der Waals surface area contributed by atoms with Gasteiger partial charge in [-0.05, 0) is 59.8 Å². The monoisotopic (exact) mass is 398 g/mol. The van der Waals surface area contributed by atoms with Crippen LogP contribution in [0.1, 0.15) is 98.8 Å². The van der Waals surface area contributed by atoms with Gasteiger partial charge in [-0.15, -0.1) is 0 Å². The summed E-state index contributed by atoms with van der Waals surface area (Å²) < 4.78 is 10.6. The van der Waals surface area contributed by atoms with E-state index in [0.717, 1.165) is 38.6 Å². The smallest absolute Gasteiger partial charge is 0.422 e. The fourth-order valence-corrected chi connectivity index (χ4v) is 3.69. The number of nitrogens with one attached hydrogen (secondary N) is 1. The van der Waals surface area contributed by atoms with Crippen LogP contribution in [0.25, 0.3) is 0 Å². The molecule has 1 saturated carbocycles. The van der Waals surface area contributed by atoms with E-state index in [1.165, 1.54) is 32.1 Å². The molecule has 0 unspecified atom stereocenters. The molecule has 0 atom stereocenters. The lowest BCUT2D eigenvalue weighted by molar-refractivity contribution is -0.149. The van der Waals surface area contributed by atoms with E-state index >= 15 is 0 Å². The van der Waals surface area contributed by atoms with Gasteiger partial charge in [-0.1, -0.05) is 39.0 Å². The fraction of sp³-hybridized carbons (Fsp3) is 0.909. The average Bonchev–Trinajstić information content (AvgIpc) is 2.62. The minimum Gasteiger partial charge on any atom is -0.466 e. The van der Waals surface area contributed by atoms with Crippen LogP contribution in [0.4, 0.5) is 4.79 Å². The summed E-state index contributed by atoms with van der Waals surface area (Å²) in [6.07, 6.45) is 10.3. The second kappa shape index (κ2) is 13.0. The van der Waals surface area contributed by atoms with E-state index in [-0.39, 0.29) is 17.9 Å². The van der Waals surface area contributed by atoms with Crippen molar-refractivity contribution in [3.8, 4) is 0 Å². The number of nitrogens with zero attached hydrogens (tertiary/aromatic N) is 1. The number of hydrogen-bond acceptors (Lipinski definition) is 5. The van der Waals surface area contributed by atoms with E-state index in [1.54, 1.807) is 0 Å². The first-order chi connectivity index (χ1) is 13.3. The van der Waals surface area contributed by atoms with E-state index in [4.69, 9.17) is 9.47 Å². The summed E-state index contributed by atoms with van der Waals surface area (Å²) in [5.41, 5.74) is 2.45. The number of hydrazine groups is 1. The molecule has 28 heavy (non-hydrogen) atoms. The van der Waals surface area contributed by atoms with Crippen LogP contribution in [0.5, 0.6) is 0 Å². The fourth-order valence-electron chi connectivity index (χ4n) is 3.69. The molecule has 0 saturated heterocycles. The molecule has 1 aliphatic carbocycles. The Kier molecular flexibility index (Phi) is 11.5. The van der Waals surface area contributed by atoms with Gasteiger partial charge in [-0.25, -0.2) is 9.80 Å². The first kappa shape index (κ1) is 24.7. The molecule has 0 aromatic heterocycles. The van der Waals surface area contributed by atoms with Gasteiger partial charge in [0.1, 0.15) is 5.60 Å². The molecule has 6 heteroatoms. The quantitative estimate of drug-likeness (QED) is 0.294. The summed E-state index contributed by atoms with van der Waals surface area (Å²) in [5, 5.41) is 2.05. The number of amides is 1. The Labute approximate surface area is 171 Å². The first-order valence-corrected chi connectivity index (χ1v) is 11.2. The Hall–Kier alpha value is -1.30. The number of esters is 1. The van der Waals surface area contributed by atoms with E-state index in [2.05, 4.69) is 17.4 Å². The normalized spacial score (nSPS) is 20.1. The topological polar surface area (TPSA) is 67.9 Å². The van der Waals surface area contributed by atoms with Gasteiger partial charge in [-0.3, -0.25) is 10.2 Å². The molecule has 1 amide bonds. The van der Waals surface area contributed by atoms with Crippen molar-refractivity contribution < 1.29 is 19.1 Å². The summed E-state index contributed by atoms with van der Waals surface area (Å²) in [5.74, 6) is -0.0860. The van der Waals surface area contributed by atoms with Crippen molar-refractivity contribution in [3.63, 3.8) is 0 Å². The third kappa shape index (κ3) is 10.3. The Morgan fingerprint density at radius 2 is 1.57 bits per heavy atom. The minimum atomic E-state index is -0.516. The van der Waals surface area contributed by atoms with Crippen LogP contribution in [0.2, 0.25) is 0 Å². The molecule has 0 radical (unpaired) electrons. The summed E-state index contributed by atoms with van der Waals surface area (Å²) in [7, 11) is 0. The van der Waals surface area contributed by atoms with Crippen LogP contribution in [0.15, 0.2) is 0 Å². The van der Waals surface area contributed by atoms with E-state index in [0.29, 0.717) is 6.61 Å². The molecule has 0 spiro atoms. The molecular weight excluding hydrogens is 356 g/mol. The van der Waals surface area contributed by atoms with Crippen LogP contribution in [0.3, 0.4) is 0 Å². The van der Waals surface area contributed by atoms with E-state index < -0.39 is 11.7 Å². The Morgan fingerprint density at radius 3 is 2.14 bits per heavy atom.